The summed E-state index contributed by atoms with van der Waals surface area (Å²) in [6.07, 6.45) is 0. The van der Waals surface area contributed by atoms with E-state index in [-0.39, 0.29) is 0 Å². The standard InChI is InChI=1S/C10H11ClO3/c1-6-4-7(13-2)5-8(9(6)11)10(12)14-3/h4-5H,1-3H3. The summed E-state index contributed by atoms with van der Waals surface area (Å²) in [5, 5.41) is 0.401. The van der Waals surface area contributed by atoms with Gasteiger partial charge in [0.1, 0.15) is 5.75 Å². The van der Waals surface area contributed by atoms with Gasteiger partial charge in [0.15, 0.2) is 0 Å². The van der Waals surface area contributed by atoms with Crippen LogP contribution in [0.4, 0.5) is 0 Å². The largest absolute Gasteiger partial charge is 0.497 e. The molecule has 0 atom stereocenters. The zero-order chi connectivity index (χ0) is 10.7. The average Bonchev–Trinajstić information content (AvgIpc) is 2.20. The zero-order valence-corrected chi connectivity index (χ0v) is 9.01. The van der Waals surface area contributed by atoms with Gasteiger partial charge < -0.3 is 9.47 Å². The molecule has 0 saturated heterocycles. The van der Waals surface area contributed by atoms with Gasteiger partial charge in [-0.3, -0.25) is 0 Å². The van der Waals surface area contributed by atoms with Crippen LogP contribution in [0, 0.1) is 6.92 Å². The van der Waals surface area contributed by atoms with E-state index < -0.39 is 5.97 Å². The first-order chi connectivity index (χ1) is 6.60. The second kappa shape index (κ2) is 4.33. The molecule has 0 N–H and O–H groups in total. The molecule has 0 saturated carbocycles. The molecule has 4 heteroatoms. The number of halogens is 1. The molecule has 0 aromatic heterocycles. The molecule has 0 unspecified atom stereocenters. The molecule has 14 heavy (non-hydrogen) atoms. The summed E-state index contributed by atoms with van der Waals surface area (Å²) in [6.45, 7) is 1.80. The molecular weight excluding hydrogens is 204 g/mol. The molecule has 0 aliphatic heterocycles. The molecule has 0 amide bonds. The maximum Gasteiger partial charge on any atom is 0.339 e. The Hall–Kier alpha value is -1.22. The van der Waals surface area contributed by atoms with Crippen LogP contribution in [0.2, 0.25) is 5.02 Å². The summed E-state index contributed by atoms with van der Waals surface area (Å²) in [4.78, 5) is 11.3. The van der Waals surface area contributed by atoms with Gasteiger partial charge >= 0.3 is 5.97 Å². The summed E-state index contributed by atoms with van der Waals surface area (Å²) in [5.41, 5.74) is 1.11. The lowest BCUT2D eigenvalue weighted by atomic mass is 10.1. The van der Waals surface area contributed by atoms with Crippen LogP contribution in [0.25, 0.3) is 0 Å². The first-order valence-corrected chi connectivity index (χ1v) is 4.40. The minimum atomic E-state index is -0.461. The van der Waals surface area contributed by atoms with Gasteiger partial charge in [0, 0.05) is 0 Å². The van der Waals surface area contributed by atoms with Crippen LogP contribution >= 0.6 is 11.6 Å². The van der Waals surface area contributed by atoms with Crippen LogP contribution in [0.3, 0.4) is 0 Å². The fourth-order valence-corrected chi connectivity index (χ4v) is 1.30. The average molecular weight is 215 g/mol. The van der Waals surface area contributed by atoms with E-state index in [2.05, 4.69) is 4.74 Å². The van der Waals surface area contributed by atoms with Gasteiger partial charge in [-0.1, -0.05) is 11.6 Å². The predicted octanol–water partition coefficient (Wildman–Crippen LogP) is 2.44. The number of aryl methyl sites for hydroxylation is 1. The van der Waals surface area contributed by atoms with E-state index >= 15 is 0 Å². The lowest BCUT2D eigenvalue weighted by Crippen LogP contribution is -2.03. The van der Waals surface area contributed by atoms with E-state index in [0.717, 1.165) is 5.56 Å². The summed E-state index contributed by atoms with van der Waals surface area (Å²) >= 11 is 5.94. The van der Waals surface area contributed by atoms with Crippen molar-refractivity contribution >= 4 is 17.6 Å². The molecular formula is C10H11ClO3. The van der Waals surface area contributed by atoms with Crippen molar-refractivity contribution in [2.75, 3.05) is 14.2 Å². The lowest BCUT2D eigenvalue weighted by molar-refractivity contribution is 0.0600. The minimum absolute atomic E-state index is 0.325. The van der Waals surface area contributed by atoms with E-state index in [9.17, 15) is 4.79 Å². The maximum absolute atomic E-state index is 11.3. The van der Waals surface area contributed by atoms with Gasteiger partial charge in [0.05, 0.1) is 24.8 Å². The molecule has 0 aliphatic rings. The highest BCUT2D eigenvalue weighted by Gasteiger charge is 2.14. The maximum atomic E-state index is 11.3. The SMILES string of the molecule is COC(=O)c1cc(OC)cc(C)c1Cl. The number of rotatable bonds is 2. The van der Waals surface area contributed by atoms with Gasteiger partial charge in [-0.15, -0.1) is 0 Å². The summed E-state index contributed by atoms with van der Waals surface area (Å²) in [6, 6.07) is 3.32. The predicted molar refractivity (Wildman–Crippen MR) is 54.1 cm³/mol. The van der Waals surface area contributed by atoms with Crippen molar-refractivity contribution in [1.82, 2.24) is 0 Å². The molecule has 0 heterocycles. The van der Waals surface area contributed by atoms with Crippen LogP contribution in [-0.2, 0) is 4.74 Å². The smallest absolute Gasteiger partial charge is 0.339 e. The second-order valence-corrected chi connectivity index (χ2v) is 3.18. The highest BCUT2D eigenvalue weighted by molar-refractivity contribution is 6.34. The van der Waals surface area contributed by atoms with Crippen molar-refractivity contribution in [3.63, 3.8) is 0 Å². The molecule has 0 radical (unpaired) electrons. The summed E-state index contributed by atoms with van der Waals surface area (Å²) in [7, 11) is 2.84. The third-order valence-corrected chi connectivity index (χ3v) is 2.37. The van der Waals surface area contributed by atoms with Crippen molar-refractivity contribution in [1.29, 1.82) is 0 Å². The van der Waals surface area contributed by atoms with Gasteiger partial charge in [0.2, 0.25) is 0 Å². The number of carbonyl (C=O) groups excluding carboxylic acids is 1. The Labute approximate surface area is 87.6 Å². The van der Waals surface area contributed by atoms with Crippen LogP contribution in [0.1, 0.15) is 15.9 Å². The van der Waals surface area contributed by atoms with E-state index in [1.54, 1.807) is 19.1 Å². The summed E-state index contributed by atoms with van der Waals surface area (Å²) in [5.74, 6) is 0.129. The Morgan fingerprint density at radius 1 is 1.36 bits per heavy atom. The van der Waals surface area contributed by atoms with Crippen LogP contribution in [-0.4, -0.2) is 20.2 Å². The van der Waals surface area contributed by atoms with Gasteiger partial charge in [0.25, 0.3) is 0 Å². The van der Waals surface area contributed by atoms with E-state index in [0.29, 0.717) is 16.3 Å². The molecule has 0 fully saturated rings. The molecule has 1 rings (SSSR count). The van der Waals surface area contributed by atoms with Crippen molar-refractivity contribution in [3.05, 3.63) is 28.3 Å². The third-order valence-electron chi connectivity index (χ3n) is 1.87. The molecule has 76 valence electrons. The van der Waals surface area contributed by atoms with Crippen molar-refractivity contribution in [2.24, 2.45) is 0 Å². The highest BCUT2D eigenvalue weighted by Crippen LogP contribution is 2.26. The number of hydrogen-bond donors (Lipinski definition) is 0. The minimum Gasteiger partial charge on any atom is -0.497 e. The normalized spacial score (nSPS) is 9.71. The fraction of sp³-hybridized carbons (Fsp3) is 0.300. The second-order valence-electron chi connectivity index (χ2n) is 2.80. The Morgan fingerprint density at radius 2 is 2.00 bits per heavy atom. The summed E-state index contributed by atoms with van der Waals surface area (Å²) < 4.78 is 9.61. The van der Waals surface area contributed by atoms with Crippen LogP contribution < -0.4 is 4.74 Å². The van der Waals surface area contributed by atoms with Gasteiger partial charge in [-0.05, 0) is 24.6 Å². The first-order valence-electron chi connectivity index (χ1n) is 4.02. The number of hydrogen-bond acceptors (Lipinski definition) is 3. The molecule has 0 bridgehead atoms. The Bertz CT molecular complexity index is 361. The lowest BCUT2D eigenvalue weighted by Gasteiger charge is -2.08. The topological polar surface area (TPSA) is 35.5 Å². The molecule has 0 aliphatic carbocycles. The third kappa shape index (κ3) is 1.99. The number of esters is 1. The molecule has 3 nitrogen and oxygen atoms in total. The highest BCUT2D eigenvalue weighted by atomic mass is 35.5. The Morgan fingerprint density at radius 3 is 2.50 bits per heavy atom. The molecule has 1 aromatic rings. The monoisotopic (exact) mass is 214 g/mol. The van der Waals surface area contributed by atoms with Crippen molar-refractivity contribution in [2.45, 2.75) is 6.92 Å². The van der Waals surface area contributed by atoms with Gasteiger partial charge in [-0.2, -0.15) is 0 Å². The quantitative estimate of drug-likeness (QED) is 0.710. The zero-order valence-electron chi connectivity index (χ0n) is 8.26. The van der Waals surface area contributed by atoms with E-state index in [1.807, 2.05) is 0 Å². The van der Waals surface area contributed by atoms with Crippen molar-refractivity contribution in [3.8, 4) is 5.75 Å². The number of benzene rings is 1. The Balaban J connectivity index is 3.27. The number of methoxy groups -OCH3 is 2. The van der Waals surface area contributed by atoms with E-state index in [1.165, 1.54) is 14.2 Å². The molecule has 0 spiro atoms. The van der Waals surface area contributed by atoms with Crippen LogP contribution in [0.15, 0.2) is 12.1 Å². The van der Waals surface area contributed by atoms with Crippen molar-refractivity contribution < 1.29 is 14.3 Å². The van der Waals surface area contributed by atoms with Crippen LogP contribution in [0.5, 0.6) is 5.75 Å². The number of ether oxygens (including phenoxy) is 2. The van der Waals surface area contributed by atoms with Gasteiger partial charge in [-0.25, -0.2) is 4.79 Å². The Kier molecular flexibility index (Phi) is 3.36. The first kappa shape index (κ1) is 10.9. The fourth-order valence-electron chi connectivity index (χ4n) is 1.11. The number of carbonyl (C=O) groups is 1. The molecule has 1 aromatic carbocycles. The van der Waals surface area contributed by atoms with E-state index in [4.69, 9.17) is 16.3 Å².